The Morgan fingerprint density at radius 2 is 2.25 bits per heavy atom. The first-order valence-corrected chi connectivity index (χ1v) is 5.60. The molecule has 2 N–H and O–H groups in total. The van der Waals surface area contributed by atoms with Gasteiger partial charge in [-0.15, -0.1) is 0 Å². The van der Waals surface area contributed by atoms with Gasteiger partial charge in [0.15, 0.2) is 0 Å². The fraction of sp³-hybridized carbons (Fsp3) is 0.100. The first-order valence-electron chi connectivity index (χ1n) is 4.41. The van der Waals surface area contributed by atoms with Crippen molar-refractivity contribution in [2.45, 2.75) is 17.0 Å². The van der Waals surface area contributed by atoms with Crippen LogP contribution in [0, 0.1) is 12.7 Å². The van der Waals surface area contributed by atoms with Crippen LogP contribution in [0.25, 0.3) is 0 Å². The number of rotatable bonds is 2. The van der Waals surface area contributed by atoms with Gasteiger partial charge in [0.1, 0.15) is 12.1 Å². The van der Waals surface area contributed by atoms with Crippen molar-refractivity contribution in [2.24, 2.45) is 0 Å². The Morgan fingerprint density at radius 3 is 2.88 bits per heavy atom. The minimum Gasteiger partial charge on any atom is -0.439 e. The summed E-state index contributed by atoms with van der Waals surface area (Å²) < 4.78 is 18.3. The van der Waals surface area contributed by atoms with Gasteiger partial charge in [0.25, 0.3) is 5.22 Å². The zero-order chi connectivity index (χ0) is 11.7. The summed E-state index contributed by atoms with van der Waals surface area (Å²) in [6.45, 7) is 1.80. The molecular weight excluding hydrogens is 251 g/mol. The molecule has 0 aliphatic heterocycles. The number of benzene rings is 1. The molecule has 0 radical (unpaired) electrons. The third-order valence-electron chi connectivity index (χ3n) is 1.85. The number of oxazole rings is 1. The quantitative estimate of drug-likeness (QED) is 0.838. The van der Waals surface area contributed by atoms with Gasteiger partial charge in [-0.1, -0.05) is 11.6 Å². The van der Waals surface area contributed by atoms with Crippen LogP contribution in [0.15, 0.2) is 32.9 Å². The molecule has 84 valence electrons. The molecule has 6 heteroatoms. The largest absolute Gasteiger partial charge is 0.439 e. The molecule has 0 saturated carbocycles. The molecule has 1 aromatic heterocycles. The predicted molar refractivity (Wildman–Crippen MR) is 61.2 cm³/mol. The lowest BCUT2D eigenvalue weighted by Gasteiger charge is -2.03. The highest BCUT2D eigenvalue weighted by Gasteiger charge is 2.10. The van der Waals surface area contributed by atoms with E-state index in [0.29, 0.717) is 15.8 Å². The molecule has 1 aromatic carbocycles. The van der Waals surface area contributed by atoms with Crippen LogP contribution in [-0.4, -0.2) is 4.98 Å². The van der Waals surface area contributed by atoms with Crippen molar-refractivity contribution in [3.8, 4) is 0 Å². The van der Waals surface area contributed by atoms with Crippen molar-refractivity contribution >= 4 is 29.1 Å². The third kappa shape index (κ3) is 2.31. The van der Waals surface area contributed by atoms with Gasteiger partial charge in [0, 0.05) is 10.6 Å². The average molecular weight is 259 g/mol. The van der Waals surface area contributed by atoms with E-state index >= 15 is 0 Å². The van der Waals surface area contributed by atoms with Gasteiger partial charge in [0.2, 0.25) is 0 Å². The molecule has 0 aliphatic rings. The van der Waals surface area contributed by atoms with Crippen LogP contribution in [0.5, 0.6) is 0 Å². The van der Waals surface area contributed by atoms with E-state index in [1.54, 1.807) is 6.92 Å². The van der Waals surface area contributed by atoms with Crippen LogP contribution in [0.1, 0.15) is 5.69 Å². The maximum absolute atomic E-state index is 13.2. The van der Waals surface area contributed by atoms with E-state index in [9.17, 15) is 4.39 Å². The number of aromatic nitrogens is 1. The second kappa shape index (κ2) is 4.35. The third-order valence-corrected chi connectivity index (χ3v) is 3.07. The van der Waals surface area contributed by atoms with E-state index in [4.69, 9.17) is 21.8 Å². The van der Waals surface area contributed by atoms with Crippen LogP contribution >= 0.6 is 23.4 Å². The van der Waals surface area contributed by atoms with Gasteiger partial charge in [-0.05, 0) is 30.8 Å². The Bertz CT molecular complexity index is 530. The lowest BCUT2D eigenvalue weighted by Crippen LogP contribution is -1.90. The molecule has 1 heterocycles. The fourth-order valence-electron chi connectivity index (χ4n) is 1.11. The lowest BCUT2D eigenvalue weighted by molar-refractivity contribution is 0.454. The van der Waals surface area contributed by atoms with Gasteiger partial charge in [-0.2, -0.15) is 0 Å². The summed E-state index contributed by atoms with van der Waals surface area (Å²) in [5.41, 5.74) is 6.86. The highest BCUT2D eigenvalue weighted by molar-refractivity contribution is 7.99. The van der Waals surface area contributed by atoms with E-state index in [1.165, 1.54) is 18.4 Å². The van der Waals surface area contributed by atoms with Crippen molar-refractivity contribution in [1.29, 1.82) is 0 Å². The molecule has 0 fully saturated rings. The molecule has 3 nitrogen and oxygen atoms in total. The minimum absolute atomic E-state index is 0.00503. The summed E-state index contributed by atoms with van der Waals surface area (Å²) >= 11 is 6.75. The van der Waals surface area contributed by atoms with Crippen molar-refractivity contribution in [3.63, 3.8) is 0 Å². The molecule has 0 saturated heterocycles. The number of nitrogens with zero attached hydrogens (tertiary/aromatic N) is 1. The van der Waals surface area contributed by atoms with Crippen LogP contribution < -0.4 is 5.73 Å². The van der Waals surface area contributed by atoms with E-state index in [1.807, 2.05) is 0 Å². The molecule has 0 aliphatic carbocycles. The lowest BCUT2D eigenvalue weighted by atomic mass is 10.3. The second-order valence-electron chi connectivity index (χ2n) is 3.16. The minimum atomic E-state index is -0.512. The standard InChI is InChI=1S/C10H8ClFN2OS/c1-5-4-15-10(14-5)16-9-3-7(12)6(11)2-8(9)13/h2-4H,13H2,1H3. The maximum atomic E-state index is 13.2. The Kier molecular flexibility index (Phi) is 3.07. The zero-order valence-corrected chi connectivity index (χ0v) is 9.90. The summed E-state index contributed by atoms with van der Waals surface area (Å²) in [5.74, 6) is -0.512. The number of halogens is 2. The first-order chi connectivity index (χ1) is 7.56. The highest BCUT2D eigenvalue weighted by atomic mass is 35.5. The Balaban J connectivity index is 2.31. The smallest absolute Gasteiger partial charge is 0.260 e. The SMILES string of the molecule is Cc1coc(Sc2cc(F)c(Cl)cc2N)n1. The van der Waals surface area contributed by atoms with Crippen LogP contribution in [0.3, 0.4) is 0 Å². The number of anilines is 1. The van der Waals surface area contributed by atoms with Crippen molar-refractivity contribution in [1.82, 2.24) is 4.98 Å². The molecule has 0 atom stereocenters. The zero-order valence-electron chi connectivity index (χ0n) is 8.33. The van der Waals surface area contributed by atoms with Crippen molar-refractivity contribution in [3.05, 3.63) is 34.9 Å². The van der Waals surface area contributed by atoms with E-state index in [2.05, 4.69) is 4.98 Å². The topological polar surface area (TPSA) is 52.0 Å². The Morgan fingerprint density at radius 1 is 1.50 bits per heavy atom. The number of aryl methyl sites for hydroxylation is 1. The van der Waals surface area contributed by atoms with E-state index in [-0.39, 0.29) is 5.02 Å². The summed E-state index contributed by atoms with van der Waals surface area (Å²) in [4.78, 5) is 4.62. The molecular formula is C10H8ClFN2OS. The summed E-state index contributed by atoms with van der Waals surface area (Å²) in [6.07, 6.45) is 1.52. The summed E-state index contributed by atoms with van der Waals surface area (Å²) in [5, 5.41) is 0.427. The number of nitrogens with two attached hydrogens (primary N) is 1. The Hall–Kier alpha value is -1.20. The highest BCUT2D eigenvalue weighted by Crippen LogP contribution is 2.34. The number of hydrogen-bond acceptors (Lipinski definition) is 4. The Labute approximate surface area is 101 Å². The van der Waals surface area contributed by atoms with Gasteiger partial charge in [-0.25, -0.2) is 9.37 Å². The van der Waals surface area contributed by atoms with Gasteiger partial charge in [-0.3, -0.25) is 0 Å². The van der Waals surface area contributed by atoms with E-state index in [0.717, 1.165) is 17.5 Å². The van der Waals surface area contributed by atoms with Gasteiger partial charge in [0.05, 0.1) is 10.7 Å². The normalized spacial score (nSPS) is 10.7. The average Bonchev–Trinajstić information content (AvgIpc) is 2.60. The van der Waals surface area contributed by atoms with E-state index < -0.39 is 5.82 Å². The maximum Gasteiger partial charge on any atom is 0.260 e. The van der Waals surface area contributed by atoms with Gasteiger partial charge < -0.3 is 10.2 Å². The summed E-state index contributed by atoms with van der Waals surface area (Å²) in [6, 6.07) is 2.64. The molecule has 0 amide bonds. The van der Waals surface area contributed by atoms with Crippen molar-refractivity contribution < 1.29 is 8.81 Å². The number of hydrogen-bond donors (Lipinski definition) is 1. The predicted octanol–water partition coefficient (Wildman–Crippen LogP) is 3.51. The fourth-order valence-corrected chi connectivity index (χ4v) is 2.09. The molecule has 2 aromatic rings. The molecule has 0 spiro atoms. The molecule has 16 heavy (non-hydrogen) atoms. The van der Waals surface area contributed by atoms with Crippen LogP contribution in [0.4, 0.5) is 10.1 Å². The molecule has 0 bridgehead atoms. The van der Waals surface area contributed by atoms with Crippen LogP contribution in [0.2, 0.25) is 5.02 Å². The van der Waals surface area contributed by atoms with Crippen molar-refractivity contribution in [2.75, 3.05) is 5.73 Å². The summed E-state index contributed by atoms with van der Waals surface area (Å²) in [7, 11) is 0. The second-order valence-corrected chi connectivity index (χ2v) is 4.56. The molecule has 0 unspecified atom stereocenters. The van der Waals surface area contributed by atoms with Gasteiger partial charge >= 0.3 is 0 Å². The first kappa shape index (κ1) is 11.3. The molecule has 2 rings (SSSR count). The number of nitrogen functional groups attached to an aromatic ring is 1. The van der Waals surface area contributed by atoms with Crippen LogP contribution in [-0.2, 0) is 0 Å². The monoisotopic (exact) mass is 258 g/mol.